The smallest absolute Gasteiger partial charge is 0.215 e. The van der Waals surface area contributed by atoms with E-state index in [1.807, 2.05) is 13.1 Å². The van der Waals surface area contributed by atoms with Crippen LogP contribution in [0, 0.1) is 11.2 Å². The minimum Gasteiger partial charge on any atom is -0.303 e. The first-order valence-corrected chi connectivity index (χ1v) is 11.9. The van der Waals surface area contributed by atoms with E-state index < -0.39 is 0 Å². The van der Waals surface area contributed by atoms with Gasteiger partial charge in [0.1, 0.15) is 12.1 Å². The van der Waals surface area contributed by atoms with Crippen LogP contribution in [0.25, 0.3) is 10.9 Å². The second-order valence-electron chi connectivity index (χ2n) is 10.0. The summed E-state index contributed by atoms with van der Waals surface area (Å²) >= 11 is 0. The second kappa shape index (κ2) is 9.30. The van der Waals surface area contributed by atoms with Crippen LogP contribution in [-0.2, 0) is 16.6 Å². The number of likely N-dealkylation sites (tertiary alicyclic amines) is 1. The second-order valence-corrected chi connectivity index (χ2v) is 10.0. The van der Waals surface area contributed by atoms with E-state index in [2.05, 4.69) is 23.8 Å². The number of hydrogen-bond donors (Lipinski definition) is 0. The van der Waals surface area contributed by atoms with E-state index in [0.717, 1.165) is 43.3 Å². The number of carbonyl (C=O) groups is 2. The average Bonchev–Trinajstić information content (AvgIpc) is 3.07. The van der Waals surface area contributed by atoms with Crippen molar-refractivity contribution in [1.82, 2.24) is 14.7 Å². The van der Waals surface area contributed by atoms with Crippen LogP contribution in [0.3, 0.4) is 0 Å². The van der Waals surface area contributed by atoms with Gasteiger partial charge in [-0.25, -0.2) is 4.39 Å². The maximum absolute atomic E-state index is 15.2. The number of aryl methyl sites for hydroxylation is 1. The number of benzene rings is 1. The van der Waals surface area contributed by atoms with Crippen LogP contribution >= 0.6 is 0 Å². The Labute approximate surface area is 189 Å². The number of halogens is 1. The lowest BCUT2D eigenvalue weighted by molar-refractivity contribution is -0.108. The fraction of sp³-hybridized carbons (Fsp3) is 0.640. The van der Waals surface area contributed by atoms with Crippen molar-refractivity contribution in [3.8, 4) is 0 Å². The van der Waals surface area contributed by atoms with Crippen molar-refractivity contribution >= 4 is 29.4 Å². The molecule has 0 spiro atoms. The molecule has 0 bridgehead atoms. The minimum absolute atomic E-state index is 0.202. The highest BCUT2D eigenvalue weighted by Gasteiger charge is 2.43. The Morgan fingerprint density at radius 1 is 1.25 bits per heavy atom. The van der Waals surface area contributed by atoms with Crippen molar-refractivity contribution in [2.75, 3.05) is 24.5 Å². The molecule has 1 aromatic carbocycles. The lowest BCUT2D eigenvalue weighted by Gasteiger charge is -2.52. The predicted octanol–water partition coefficient (Wildman–Crippen LogP) is 4.41. The zero-order valence-corrected chi connectivity index (χ0v) is 19.5. The number of rotatable bonds is 9. The van der Waals surface area contributed by atoms with E-state index in [1.54, 1.807) is 4.68 Å². The Bertz CT molecular complexity index is 974. The summed E-state index contributed by atoms with van der Waals surface area (Å²) in [6.07, 6.45) is 8.72. The van der Waals surface area contributed by atoms with E-state index in [9.17, 15) is 9.59 Å². The number of fused-ring (bicyclic) bond motifs is 1. The first-order chi connectivity index (χ1) is 15.4. The quantitative estimate of drug-likeness (QED) is 0.540. The summed E-state index contributed by atoms with van der Waals surface area (Å²) in [5, 5.41) is 5.05. The molecule has 2 fully saturated rings. The third-order valence-electron chi connectivity index (χ3n) is 7.63. The van der Waals surface area contributed by atoms with Crippen LogP contribution in [0.2, 0.25) is 0 Å². The van der Waals surface area contributed by atoms with Crippen molar-refractivity contribution in [2.24, 2.45) is 12.5 Å². The van der Waals surface area contributed by atoms with Gasteiger partial charge in [0, 0.05) is 31.4 Å². The first kappa shape index (κ1) is 22.9. The van der Waals surface area contributed by atoms with Crippen LogP contribution in [0.1, 0.15) is 70.3 Å². The Hall–Kier alpha value is -2.28. The number of carbonyl (C=O) groups excluding carboxylic acids is 2. The number of hydrogen-bond acceptors (Lipinski definition) is 4. The molecule has 2 aromatic rings. The van der Waals surface area contributed by atoms with E-state index in [4.69, 9.17) is 0 Å². The molecule has 0 unspecified atom stereocenters. The van der Waals surface area contributed by atoms with Crippen molar-refractivity contribution in [3.63, 3.8) is 0 Å². The standard InChI is InChI=1S/C25H35FN4O2/c1-4-8-25(2)15-19(16-25)29-10-6-18(7-11-29)20-14-23-21(13-22(20)26)24(27-28(23)3)30(17-32)9-5-12-31/h12-14,17-19H,4-11,15-16H2,1-3H3. The molecule has 6 nitrogen and oxygen atoms in total. The number of aldehydes is 1. The molecule has 0 radical (unpaired) electrons. The van der Waals surface area contributed by atoms with E-state index in [-0.39, 0.29) is 24.7 Å². The van der Waals surface area contributed by atoms with Gasteiger partial charge in [0.25, 0.3) is 0 Å². The molecule has 32 heavy (non-hydrogen) atoms. The van der Waals surface area contributed by atoms with E-state index >= 15 is 4.39 Å². The molecule has 1 saturated carbocycles. The molecular weight excluding hydrogens is 407 g/mol. The van der Waals surface area contributed by atoms with Gasteiger partial charge in [0.05, 0.1) is 5.52 Å². The molecule has 2 aliphatic rings. The van der Waals surface area contributed by atoms with Crippen molar-refractivity contribution in [1.29, 1.82) is 0 Å². The summed E-state index contributed by atoms with van der Waals surface area (Å²) < 4.78 is 16.9. The van der Waals surface area contributed by atoms with Gasteiger partial charge < -0.3 is 9.69 Å². The van der Waals surface area contributed by atoms with Crippen LogP contribution in [0.5, 0.6) is 0 Å². The van der Waals surface area contributed by atoms with Gasteiger partial charge in [-0.3, -0.25) is 14.4 Å². The van der Waals surface area contributed by atoms with Crippen LogP contribution in [0.15, 0.2) is 12.1 Å². The van der Waals surface area contributed by atoms with Crippen LogP contribution in [-0.4, -0.2) is 53.1 Å². The normalized spacial score (nSPS) is 24.4. The average molecular weight is 443 g/mol. The first-order valence-electron chi connectivity index (χ1n) is 11.9. The molecule has 4 rings (SSSR count). The summed E-state index contributed by atoms with van der Waals surface area (Å²) in [7, 11) is 1.81. The number of amides is 1. The van der Waals surface area contributed by atoms with E-state index in [1.165, 1.54) is 36.6 Å². The zero-order valence-electron chi connectivity index (χ0n) is 19.5. The van der Waals surface area contributed by atoms with Gasteiger partial charge in [-0.2, -0.15) is 5.10 Å². The maximum Gasteiger partial charge on any atom is 0.215 e. The fourth-order valence-electron chi connectivity index (χ4n) is 5.92. The molecular formula is C25H35FN4O2. The molecule has 2 heterocycles. The molecule has 1 saturated heterocycles. The molecule has 7 heteroatoms. The highest BCUT2D eigenvalue weighted by Crippen LogP contribution is 2.48. The van der Waals surface area contributed by atoms with E-state index in [0.29, 0.717) is 29.1 Å². The number of piperidine rings is 1. The molecule has 0 N–H and O–H groups in total. The Morgan fingerprint density at radius 3 is 2.59 bits per heavy atom. The van der Waals surface area contributed by atoms with Crippen molar-refractivity contribution in [3.05, 3.63) is 23.5 Å². The maximum atomic E-state index is 15.2. The Kier molecular flexibility index (Phi) is 6.65. The monoisotopic (exact) mass is 442 g/mol. The SMILES string of the molecule is CCCC1(C)CC(N2CCC(c3cc4c(cc3F)c(N(C=O)CCC=O)nn4C)CC2)C1. The van der Waals surface area contributed by atoms with Crippen LogP contribution < -0.4 is 4.90 Å². The molecule has 1 aliphatic heterocycles. The third-order valence-corrected chi connectivity index (χ3v) is 7.63. The largest absolute Gasteiger partial charge is 0.303 e. The van der Waals surface area contributed by atoms with Gasteiger partial charge in [0.2, 0.25) is 6.41 Å². The summed E-state index contributed by atoms with van der Waals surface area (Å²) in [4.78, 5) is 26.2. The highest BCUT2D eigenvalue weighted by atomic mass is 19.1. The van der Waals surface area contributed by atoms with Gasteiger partial charge >= 0.3 is 0 Å². The van der Waals surface area contributed by atoms with Crippen molar-refractivity contribution in [2.45, 2.75) is 70.8 Å². The molecule has 1 amide bonds. The highest BCUT2D eigenvalue weighted by molar-refractivity contribution is 5.95. The zero-order chi connectivity index (χ0) is 22.9. The van der Waals surface area contributed by atoms with Gasteiger partial charge in [-0.1, -0.05) is 20.3 Å². The van der Waals surface area contributed by atoms with Crippen LogP contribution in [0.4, 0.5) is 10.2 Å². The molecule has 174 valence electrons. The van der Waals surface area contributed by atoms with Gasteiger partial charge in [0.15, 0.2) is 5.82 Å². The molecule has 1 aliphatic carbocycles. The number of anilines is 1. The molecule has 1 aromatic heterocycles. The summed E-state index contributed by atoms with van der Waals surface area (Å²) in [5.41, 5.74) is 2.08. The molecule has 0 atom stereocenters. The lowest BCUT2D eigenvalue weighted by atomic mass is 9.63. The Balaban J connectivity index is 1.47. The third kappa shape index (κ3) is 4.32. The topological polar surface area (TPSA) is 58.4 Å². The Morgan fingerprint density at radius 2 is 1.97 bits per heavy atom. The van der Waals surface area contributed by atoms with Crippen molar-refractivity contribution < 1.29 is 14.0 Å². The number of aromatic nitrogens is 2. The van der Waals surface area contributed by atoms with Gasteiger partial charge in [-0.15, -0.1) is 0 Å². The summed E-state index contributed by atoms with van der Waals surface area (Å²) in [5.74, 6) is 0.374. The minimum atomic E-state index is -0.231. The van der Waals surface area contributed by atoms with Gasteiger partial charge in [-0.05, 0) is 74.2 Å². The summed E-state index contributed by atoms with van der Waals surface area (Å²) in [6, 6.07) is 4.12. The summed E-state index contributed by atoms with van der Waals surface area (Å²) in [6.45, 7) is 6.96. The lowest BCUT2D eigenvalue weighted by Crippen LogP contribution is -2.52. The predicted molar refractivity (Wildman–Crippen MR) is 124 cm³/mol. The fourth-order valence-corrected chi connectivity index (χ4v) is 5.92. The number of nitrogens with zero attached hydrogens (tertiary/aromatic N) is 4.